The lowest BCUT2D eigenvalue weighted by Gasteiger charge is -2.07. The van der Waals surface area contributed by atoms with Crippen molar-refractivity contribution < 1.29 is 9.47 Å². The van der Waals surface area contributed by atoms with Crippen LogP contribution in [0.15, 0.2) is 18.2 Å². The highest BCUT2D eigenvalue weighted by molar-refractivity contribution is 7.80. The van der Waals surface area contributed by atoms with E-state index in [2.05, 4.69) is 0 Å². The maximum absolute atomic E-state index is 5.95. The zero-order valence-electron chi connectivity index (χ0n) is 8.33. The van der Waals surface area contributed by atoms with E-state index in [4.69, 9.17) is 39.0 Å². The predicted octanol–water partition coefficient (Wildman–Crippen LogP) is 2.35. The molecule has 0 unspecified atom stereocenters. The van der Waals surface area contributed by atoms with Crippen LogP contribution in [0.25, 0.3) is 0 Å². The van der Waals surface area contributed by atoms with Crippen LogP contribution < -0.4 is 10.5 Å². The SMILES string of the molecule is CCOCOc1ccc(C(N)=S)c(Cl)c1. The van der Waals surface area contributed by atoms with Gasteiger partial charge in [0, 0.05) is 12.2 Å². The minimum Gasteiger partial charge on any atom is -0.468 e. The molecule has 0 heterocycles. The molecule has 0 spiro atoms. The largest absolute Gasteiger partial charge is 0.468 e. The van der Waals surface area contributed by atoms with E-state index >= 15 is 0 Å². The van der Waals surface area contributed by atoms with Crippen molar-refractivity contribution in [3.63, 3.8) is 0 Å². The summed E-state index contributed by atoms with van der Waals surface area (Å²) in [5, 5.41) is 0.483. The first-order valence-corrected chi connectivity index (χ1v) is 5.23. The number of halogens is 1. The maximum atomic E-state index is 5.95. The van der Waals surface area contributed by atoms with E-state index in [1.807, 2.05) is 6.92 Å². The Balaban J connectivity index is 2.69. The van der Waals surface area contributed by atoms with Crippen LogP contribution in [0.3, 0.4) is 0 Å². The summed E-state index contributed by atoms with van der Waals surface area (Å²) in [6, 6.07) is 5.14. The number of hydrogen-bond acceptors (Lipinski definition) is 3. The molecule has 0 aliphatic rings. The standard InChI is InChI=1S/C10H12ClNO2S/c1-2-13-6-14-7-3-4-8(10(12)15)9(11)5-7/h3-5H,2,6H2,1H3,(H2,12,15). The van der Waals surface area contributed by atoms with Crippen LogP contribution >= 0.6 is 23.8 Å². The van der Waals surface area contributed by atoms with E-state index < -0.39 is 0 Å². The normalized spacial score (nSPS) is 10.0. The molecule has 0 aliphatic carbocycles. The highest BCUT2D eigenvalue weighted by atomic mass is 35.5. The Morgan fingerprint density at radius 2 is 2.27 bits per heavy atom. The molecule has 0 bridgehead atoms. The molecule has 1 rings (SSSR count). The summed E-state index contributed by atoms with van der Waals surface area (Å²) in [6.07, 6.45) is 0. The highest BCUT2D eigenvalue weighted by Gasteiger charge is 2.04. The second kappa shape index (κ2) is 5.90. The lowest BCUT2D eigenvalue weighted by Crippen LogP contribution is -2.10. The highest BCUT2D eigenvalue weighted by Crippen LogP contribution is 2.22. The molecule has 5 heteroatoms. The summed E-state index contributed by atoms with van der Waals surface area (Å²) >= 11 is 10.8. The number of benzene rings is 1. The van der Waals surface area contributed by atoms with Gasteiger partial charge < -0.3 is 15.2 Å². The Hall–Kier alpha value is -0.840. The molecule has 0 fully saturated rings. The van der Waals surface area contributed by atoms with Gasteiger partial charge in [-0.3, -0.25) is 0 Å². The van der Waals surface area contributed by atoms with Crippen LogP contribution in [-0.4, -0.2) is 18.4 Å². The van der Waals surface area contributed by atoms with Gasteiger partial charge in [-0.1, -0.05) is 23.8 Å². The van der Waals surface area contributed by atoms with Gasteiger partial charge in [0.15, 0.2) is 6.79 Å². The monoisotopic (exact) mass is 245 g/mol. The molecule has 82 valence electrons. The van der Waals surface area contributed by atoms with E-state index in [0.717, 1.165) is 0 Å². The first-order valence-electron chi connectivity index (χ1n) is 4.45. The van der Waals surface area contributed by atoms with E-state index in [0.29, 0.717) is 22.9 Å². The fourth-order valence-electron chi connectivity index (χ4n) is 0.978. The molecule has 0 radical (unpaired) electrons. The van der Waals surface area contributed by atoms with Gasteiger partial charge in [-0.05, 0) is 25.1 Å². The van der Waals surface area contributed by atoms with Crippen LogP contribution in [0, 0.1) is 0 Å². The maximum Gasteiger partial charge on any atom is 0.189 e. The minimum atomic E-state index is 0.208. The molecule has 3 nitrogen and oxygen atoms in total. The fourth-order valence-corrected chi connectivity index (χ4v) is 1.48. The zero-order valence-corrected chi connectivity index (χ0v) is 9.90. The first-order chi connectivity index (χ1) is 7.15. The first kappa shape index (κ1) is 12.2. The quantitative estimate of drug-likeness (QED) is 0.491. The topological polar surface area (TPSA) is 44.5 Å². The Morgan fingerprint density at radius 1 is 1.53 bits per heavy atom. The molecule has 1 aromatic carbocycles. The number of hydrogen-bond donors (Lipinski definition) is 1. The number of ether oxygens (including phenoxy) is 2. The van der Waals surface area contributed by atoms with Crippen molar-refractivity contribution in [3.05, 3.63) is 28.8 Å². The molecule has 2 N–H and O–H groups in total. The number of thiocarbonyl (C=S) groups is 1. The number of nitrogens with two attached hydrogens (primary N) is 1. The summed E-state index contributed by atoms with van der Waals surface area (Å²) in [6.45, 7) is 2.71. The van der Waals surface area contributed by atoms with Gasteiger partial charge in [0.25, 0.3) is 0 Å². The Kier molecular flexibility index (Phi) is 4.81. The van der Waals surface area contributed by atoms with Gasteiger partial charge in [0.1, 0.15) is 10.7 Å². The average Bonchev–Trinajstić information content (AvgIpc) is 2.17. The smallest absolute Gasteiger partial charge is 0.189 e. The van der Waals surface area contributed by atoms with Gasteiger partial charge >= 0.3 is 0 Å². The van der Waals surface area contributed by atoms with Gasteiger partial charge in [-0.15, -0.1) is 0 Å². The molecule has 0 saturated carbocycles. The van der Waals surface area contributed by atoms with Crippen molar-refractivity contribution in [1.29, 1.82) is 0 Å². The van der Waals surface area contributed by atoms with E-state index in [-0.39, 0.29) is 11.8 Å². The molecule has 0 amide bonds. The second-order valence-corrected chi connectivity index (χ2v) is 3.61. The molecule has 0 aromatic heterocycles. The molecule has 0 aliphatic heterocycles. The molecule has 15 heavy (non-hydrogen) atoms. The van der Waals surface area contributed by atoms with Gasteiger partial charge in [-0.25, -0.2) is 0 Å². The molecule has 1 aromatic rings. The van der Waals surface area contributed by atoms with Crippen LogP contribution in [0.2, 0.25) is 5.02 Å². The fraction of sp³-hybridized carbons (Fsp3) is 0.300. The molecule has 0 atom stereocenters. The summed E-state index contributed by atoms with van der Waals surface area (Å²) in [5.41, 5.74) is 6.12. The van der Waals surface area contributed by atoms with E-state index in [9.17, 15) is 0 Å². The summed E-state index contributed by atoms with van der Waals surface area (Å²) in [4.78, 5) is 0.274. The van der Waals surface area contributed by atoms with Gasteiger partial charge in [-0.2, -0.15) is 0 Å². The summed E-state index contributed by atoms with van der Waals surface area (Å²) < 4.78 is 10.3. The Bertz CT molecular complexity index is 357. The van der Waals surface area contributed by atoms with Crippen molar-refractivity contribution in [2.75, 3.05) is 13.4 Å². The summed E-state index contributed by atoms with van der Waals surface area (Å²) in [5.74, 6) is 0.633. The zero-order chi connectivity index (χ0) is 11.3. The van der Waals surface area contributed by atoms with Crippen LogP contribution in [-0.2, 0) is 4.74 Å². The Labute approximate surface area is 99.1 Å². The third-order valence-electron chi connectivity index (χ3n) is 1.72. The van der Waals surface area contributed by atoms with Crippen molar-refractivity contribution >= 4 is 28.8 Å². The van der Waals surface area contributed by atoms with E-state index in [1.165, 1.54) is 0 Å². The van der Waals surface area contributed by atoms with Crippen molar-refractivity contribution in [1.82, 2.24) is 0 Å². The van der Waals surface area contributed by atoms with Crippen molar-refractivity contribution in [2.45, 2.75) is 6.92 Å². The average molecular weight is 246 g/mol. The van der Waals surface area contributed by atoms with Crippen molar-refractivity contribution in [2.24, 2.45) is 5.73 Å². The lowest BCUT2D eigenvalue weighted by molar-refractivity contribution is 0.0224. The van der Waals surface area contributed by atoms with E-state index in [1.54, 1.807) is 18.2 Å². The third kappa shape index (κ3) is 3.66. The van der Waals surface area contributed by atoms with Crippen LogP contribution in [0.5, 0.6) is 5.75 Å². The second-order valence-electron chi connectivity index (χ2n) is 2.76. The van der Waals surface area contributed by atoms with Gasteiger partial charge in [0.2, 0.25) is 0 Å². The number of rotatable bonds is 5. The minimum absolute atomic E-state index is 0.208. The third-order valence-corrected chi connectivity index (χ3v) is 2.25. The lowest BCUT2D eigenvalue weighted by atomic mass is 10.2. The summed E-state index contributed by atoms with van der Waals surface area (Å²) in [7, 11) is 0. The van der Waals surface area contributed by atoms with Gasteiger partial charge in [0.05, 0.1) is 5.02 Å². The molecule has 0 saturated heterocycles. The Morgan fingerprint density at radius 3 is 2.80 bits per heavy atom. The predicted molar refractivity (Wildman–Crippen MR) is 64.5 cm³/mol. The van der Waals surface area contributed by atoms with Crippen LogP contribution in [0.1, 0.15) is 12.5 Å². The van der Waals surface area contributed by atoms with Crippen LogP contribution in [0.4, 0.5) is 0 Å². The molecular weight excluding hydrogens is 234 g/mol. The molecular formula is C10H12ClNO2S. The van der Waals surface area contributed by atoms with Crippen molar-refractivity contribution in [3.8, 4) is 5.75 Å².